The van der Waals surface area contributed by atoms with Crippen molar-refractivity contribution in [2.24, 2.45) is 5.73 Å². The second kappa shape index (κ2) is 6.07. The van der Waals surface area contributed by atoms with Gasteiger partial charge in [0.1, 0.15) is 0 Å². The molecule has 0 amide bonds. The molecule has 0 heterocycles. The third-order valence-electron chi connectivity index (χ3n) is 1.64. The van der Waals surface area contributed by atoms with Crippen molar-refractivity contribution in [1.82, 2.24) is 5.32 Å². The number of thiocarbonyl (C=S) groups is 1. The first-order valence-corrected chi connectivity index (χ1v) is 4.91. The Labute approximate surface area is 105 Å². The molecule has 2 nitrogen and oxygen atoms in total. The summed E-state index contributed by atoms with van der Waals surface area (Å²) >= 11 is 4.36. The van der Waals surface area contributed by atoms with E-state index >= 15 is 0 Å². The van der Waals surface area contributed by atoms with Crippen LogP contribution in [0.3, 0.4) is 0 Å². The third kappa shape index (κ3) is 7.93. The van der Waals surface area contributed by atoms with Crippen molar-refractivity contribution in [3.63, 3.8) is 0 Å². The predicted molar refractivity (Wildman–Crippen MR) is 58.5 cm³/mol. The fourth-order valence-electron chi connectivity index (χ4n) is 0.829. The lowest BCUT2D eigenvalue weighted by atomic mass is 10.2. The van der Waals surface area contributed by atoms with Gasteiger partial charge in [-0.3, -0.25) is 0 Å². The van der Waals surface area contributed by atoms with E-state index in [1.54, 1.807) is 0 Å². The standard InChI is InChI=1S/C9H10F6N2S/c1-5(9(13,14)15)4-6(17-7(16)18)2-3-8(10,11)12/h2,4H,3H2,1H3,(H3,16,17,18)/b5-4+,6-2+. The first-order valence-electron chi connectivity index (χ1n) is 4.50. The molecule has 9 heteroatoms. The number of rotatable bonds is 3. The van der Waals surface area contributed by atoms with Gasteiger partial charge in [0.15, 0.2) is 5.11 Å². The Bertz CT molecular complexity index is 366. The van der Waals surface area contributed by atoms with Crippen molar-refractivity contribution in [1.29, 1.82) is 0 Å². The number of hydrogen-bond donors (Lipinski definition) is 2. The van der Waals surface area contributed by atoms with Crippen LogP contribution < -0.4 is 11.1 Å². The molecule has 18 heavy (non-hydrogen) atoms. The summed E-state index contributed by atoms with van der Waals surface area (Å²) in [5.41, 5.74) is 3.49. The van der Waals surface area contributed by atoms with E-state index in [1.807, 2.05) is 5.32 Å². The van der Waals surface area contributed by atoms with E-state index in [0.29, 0.717) is 12.2 Å². The molecule has 0 spiro atoms. The van der Waals surface area contributed by atoms with Gasteiger partial charge in [0.05, 0.1) is 6.42 Å². The zero-order chi connectivity index (χ0) is 14.6. The Morgan fingerprint density at radius 2 is 1.72 bits per heavy atom. The van der Waals surface area contributed by atoms with Crippen LogP contribution >= 0.6 is 12.2 Å². The number of hydrogen-bond acceptors (Lipinski definition) is 1. The lowest BCUT2D eigenvalue weighted by molar-refractivity contribution is -0.125. The topological polar surface area (TPSA) is 38.0 Å². The minimum absolute atomic E-state index is 0.422. The maximum absolute atomic E-state index is 12.2. The average Bonchev–Trinajstić information content (AvgIpc) is 2.10. The smallest absolute Gasteiger partial charge is 0.376 e. The maximum atomic E-state index is 12.2. The molecule has 0 bridgehead atoms. The van der Waals surface area contributed by atoms with E-state index in [0.717, 1.165) is 6.92 Å². The molecule has 0 rings (SSSR count). The second-order valence-electron chi connectivity index (χ2n) is 3.29. The van der Waals surface area contributed by atoms with Crippen LogP contribution in [0.25, 0.3) is 0 Å². The van der Waals surface area contributed by atoms with Crippen LogP contribution in [0, 0.1) is 0 Å². The largest absolute Gasteiger partial charge is 0.412 e. The third-order valence-corrected chi connectivity index (χ3v) is 1.74. The Morgan fingerprint density at radius 3 is 2.06 bits per heavy atom. The highest BCUT2D eigenvalue weighted by atomic mass is 32.1. The summed E-state index contributed by atoms with van der Waals surface area (Å²) in [5, 5.41) is 1.63. The summed E-state index contributed by atoms with van der Waals surface area (Å²) in [6, 6.07) is 0. The molecule has 0 saturated carbocycles. The summed E-state index contributed by atoms with van der Waals surface area (Å²) in [6.07, 6.45) is -9.50. The van der Waals surface area contributed by atoms with Crippen molar-refractivity contribution in [2.45, 2.75) is 25.7 Å². The minimum atomic E-state index is -4.63. The fourth-order valence-corrected chi connectivity index (χ4v) is 0.947. The number of nitrogens with two attached hydrogens (primary N) is 1. The normalized spacial score (nSPS) is 14.6. The van der Waals surface area contributed by atoms with Gasteiger partial charge in [-0.15, -0.1) is 0 Å². The molecule has 0 aromatic heterocycles. The van der Waals surface area contributed by atoms with Crippen molar-refractivity contribution < 1.29 is 26.3 Å². The average molecular weight is 292 g/mol. The Kier molecular flexibility index (Phi) is 5.65. The molecule has 0 aromatic carbocycles. The summed E-state index contributed by atoms with van der Waals surface area (Å²) < 4.78 is 72.5. The highest BCUT2D eigenvalue weighted by Gasteiger charge is 2.30. The van der Waals surface area contributed by atoms with Gasteiger partial charge in [-0.2, -0.15) is 26.3 Å². The quantitative estimate of drug-likeness (QED) is 0.477. The van der Waals surface area contributed by atoms with Crippen LogP contribution in [0.2, 0.25) is 0 Å². The zero-order valence-electron chi connectivity index (χ0n) is 9.12. The number of allylic oxidation sites excluding steroid dienone is 3. The van der Waals surface area contributed by atoms with E-state index < -0.39 is 35.2 Å². The summed E-state index contributed by atoms with van der Waals surface area (Å²) in [5.74, 6) is 0. The van der Waals surface area contributed by atoms with Gasteiger partial charge < -0.3 is 11.1 Å². The SMILES string of the molecule is C/C(=C\C(=C/CC(F)(F)F)NC(N)=S)C(F)(F)F. The molecule has 0 unspecified atom stereocenters. The molecular formula is C9H10F6N2S. The van der Waals surface area contributed by atoms with Gasteiger partial charge >= 0.3 is 12.4 Å². The molecule has 0 aliphatic heterocycles. The molecule has 0 saturated heterocycles. The minimum Gasteiger partial charge on any atom is -0.376 e. The summed E-state index contributed by atoms with van der Waals surface area (Å²) in [6.45, 7) is 0.725. The first kappa shape index (κ1) is 16.8. The van der Waals surface area contributed by atoms with Crippen molar-refractivity contribution >= 4 is 17.3 Å². The van der Waals surface area contributed by atoms with Crippen LogP contribution in [-0.4, -0.2) is 17.5 Å². The van der Waals surface area contributed by atoms with E-state index in [1.165, 1.54) is 0 Å². The van der Waals surface area contributed by atoms with Crippen LogP contribution in [-0.2, 0) is 0 Å². The molecule has 104 valence electrons. The molecular weight excluding hydrogens is 282 g/mol. The number of halogens is 6. The molecule has 0 radical (unpaired) electrons. The van der Waals surface area contributed by atoms with Gasteiger partial charge in [-0.25, -0.2) is 0 Å². The maximum Gasteiger partial charge on any atom is 0.412 e. The van der Waals surface area contributed by atoms with Crippen LogP contribution in [0.15, 0.2) is 23.4 Å². The van der Waals surface area contributed by atoms with Crippen LogP contribution in [0.5, 0.6) is 0 Å². The summed E-state index contributed by atoms with van der Waals surface area (Å²) in [7, 11) is 0. The van der Waals surface area contributed by atoms with E-state index in [4.69, 9.17) is 5.73 Å². The van der Waals surface area contributed by atoms with Gasteiger partial charge in [-0.1, -0.05) is 6.08 Å². The molecule has 0 aliphatic carbocycles. The molecule has 0 aromatic rings. The van der Waals surface area contributed by atoms with Gasteiger partial charge in [0.2, 0.25) is 0 Å². The van der Waals surface area contributed by atoms with Crippen LogP contribution in [0.1, 0.15) is 13.3 Å². The van der Waals surface area contributed by atoms with Crippen molar-refractivity contribution in [3.8, 4) is 0 Å². The fraction of sp³-hybridized carbons (Fsp3) is 0.444. The predicted octanol–water partition coefficient (Wildman–Crippen LogP) is 3.16. The second-order valence-corrected chi connectivity index (χ2v) is 3.73. The Morgan fingerprint density at radius 1 is 1.22 bits per heavy atom. The van der Waals surface area contributed by atoms with E-state index in [9.17, 15) is 26.3 Å². The molecule has 0 aliphatic rings. The molecule has 3 N–H and O–H groups in total. The Balaban J connectivity index is 5.08. The highest BCUT2D eigenvalue weighted by molar-refractivity contribution is 7.80. The first-order chi connectivity index (χ1) is 7.92. The van der Waals surface area contributed by atoms with Crippen molar-refractivity contribution in [3.05, 3.63) is 23.4 Å². The zero-order valence-corrected chi connectivity index (χ0v) is 9.93. The van der Waals surface area contributed by atoms with E-state index in [-0.39, 0.29) is 0 Å². The van der Waals surface area contributed by atoms with Gasteiger partial charge in [0.25, 0.3) is 0 Å². The Hall–Kier alpha value is -1.25. The molecule has 0 atom stereocenters. The lowest BCUT2D eigenvalue weighted by Crippen LogP contribution is -2.28. The number of alkyl halides is 6. The van der Waals surface area contributed by atoms with Gasteiger partial charge in [0, 0.05) is 11.3 Å². The van der Waals surface area contributed by atoms with Gasteiger partial charge in [-0.05, 0) is 25.2 Å². The lowest BCUT2D eigenvalue weighted by Gasteiger charge is -2.10. The van der Waals surface area contributed by atoms with E-state index in [2.05, 4.69) is 12.2 Å². The summed E-state index contributed by atoms with van der Waals surface area (Å²) in [4.78, 5) is 0. The highest BCUT2D eigenvalue weighted by Crippen LogP contribution is 2.26. The number of nitrogens with one attached hydrogen (secondary N) is 1. The molecule has 0 fully saturated rings. The van der Waals surface area contributed by atoms with Crippen LogP contribution in [0.4, 0.5) is 26.3 Å². The van der Waals surface area contributed by atoms with Crippen molar-refractivity contribution in [2.75, 3.05) is 0 Å². The monoisotopic (exact) mass is 292 g/mol.